The van der Waals surface area contributed by atoms with Crippen molar-refractivity contribution in [1.82, 2.24) is 16.0 Å². The van der Waals surface area contributed by atoms with Crippen LogP contribution < -0.4 is 16.0 Å². The molecule has 0 aromatic carbocycles. The minimum atomic E-state index is 0.0896. The van der Waals surface area contributed by atoms with E-state index in [4.69, 9.17) is 0 Å². The zero-order chi connectivity index (χ0) is 15.2. The first kappa shape index (κ1) is 18.7. The molecule has 0 aliphatic carbocycles. The van der Waals surface area contributed by atoms with Crippen LogP contribution in [0.4, 0.5) is 0 Å². The molecule has 0 aromatic rings. The predicted octanol–water partition coefficient (Wildman–Crippen LogP) is 1.89. The number of carbonyl (C=O) groups is 1. The van der Waals surface area contributed by atoms with Crippen LogP contribution in [0.2, 0.25) is 0 Å². The van der Waals surface area contributed by atoms with Crippen molar-refractivity contribution < 1.29 is 4.79 Å². The molecule has 5 nitrogen and oxygen atoms in total. The van der Waals surface area contributed by atoms with Gasteiger partial charge in [-0.3, -0.25) is 9.79 Å². The molecule has 5 heteroatoms. The lowest BCUT2D eigenvalue weighted by Crippen LogP contribution is -2.39. The number of amides is 1. The Bertz CT molecular complexity index is 277. The zero-order valence-corrected chi connectivity index (χ0v) is 13.6. The first-order valence-electron chi connectivity index (χ1n) is 7.81. The van der Waals surface area contributed by atoms with Crippen LogP contribution in [0.5, 0.6) is 0 Å². The highest BCUT2D eigenvalue weighted by molar-refractivity contribution is 5.81. The SMILES string of the molecule is CCCNC(=O)CCNC(=NC)NCCCCC(C)C. The summed E-state index contributed by atoms with van der Waals surface area (Å²) < 4.78 is 0. The van der Waals surface area contributed by atoms with E-state index < -0.39 is 0 Å². The van der Waals surface area contributed by atoms with Gasteiger partial charge in [0.05, 0.1) is 0 Å². The number of aliphatic imine (C=N–C) groups is 1. The quantitative estimate of drug-likeness (QED) is 0.326. The molecule has 0 radical (unpaired) electrons. The average molecular weight is 284 g/mol. The Morgan fingerprint density at radius 3 is 2.35 bits per heavy atom. The van der Waals surface area contributed by atoms with Crippen LogP contribution in [-0.4, -0.2) is 38.5 Å². The van der Waals surface area contributed by atoms with Crippen molar-refractivity contribution >= 4 is 11.9 Å². The molecule has 0 fully saturated rings. The Kier molecular flexibility index (Phi) is 12.0. The van der Waals surface area contributed by atoms with Gasteiger partial charge in [0.1, 0.15) is 0 Å². The summed E-state index contributed by atoms with van der Waals surface area (Å²) in [6, 6.07) is 0. The summed E-state index contributed by atoms with van der Waals surface area (Å²) in [5.74, 6) is 1.64. The van der Waals surface area contributed by atoms with Gasteiger partial charge in [-0.2, -0.15) is 0 Å². The molecule has 1 amide bonds. The van der Waals surface area contributed by atoms with E-state index in [2.05, 4.69) is 34.8 Å². The number of guanidine groups is 1. The maximum atomic E-state index is 11.4. The van der Waals surface area contributed by atoms with Crippen molar-refractivity contribution in [2.75, 3.05) is 26.7 Å². The normalized spacial score (nSPS) is 11.6. The van der Waals surface area contributed by atoms with Gasteiger partial charge in [0, 0.05) is 33.1 Å². The Morgan fingerprint density at radius 2 is 1.75 bits per heavy atom. The van der Waals surface area contributed by atoms with E-state index in [0.29, 0.717) is 13.0 Å². The van der Waals surface area contributed by atoms with Gasteiger partial charge in [0.2, 0.25) is 5.91 Å². The molecule has 0 aromatic heterocycles. The Hall–Kier alpha value is -1.26. The molecule has 0 atom stereocenters. The van der Waals surface area contributed by atoms with E-state index in [1.165, 1.54) is 12.8 Å². The van der Waals surface area contributed by atoms with Crippen LogP contribution in [0, 0.1) is 5.92 Å². The maximum absolute atomic E-state index is 11.4. The fourth-order valence-electron chi connectivity index (χ4n) is 1.75. The number of rotatable bonds is 10. The van der Waals surface area contributed by atoms with E-state index in [0.717, 1.165) is 37.8 Å². The van der Waals surface area contributed by atoms with Crippen molar-refractivity contribution in [2.24, 2.45) is 10.9 Å². The Labute approximate surface area is 124 Å². The number of hydrogen-bond donors (Lipinski definition) is 3. The minimum Gasteiger partial charge on any atom is -0.356 e. The second kappa shape index (κ2) is 12.8. The van der Waals surface area contributed by atoms with Gasteiger partial charge in [-0.1, -0.05) is 33.6 Å². The zero-order valence-electron chi connectivity index (χ0n) is 13.6. The first-order valence-corrected chi connectivity index (χ1v) is 7.81. The van der Waals surface area contributed by atoms with E-state index in [-0.39, 0.29) is 5.91 Å². The molecule has 0 aliphatic heterocycles. The summed E-state index contributed by atoms with van der Waals surface area (Å²) in [5.41, 5.74) is 0. The van der Waals surface area contributed by atoms with Crippen molar-refractivity contribution in [3.63, 3.8) is 0 Å². The van der Waals surface area contributed by atoms with Crippen LogP contribution in [0.3, 0.4) is 0 Å². The van der Waals surface area contributed by atoms with E-state index >= 15 is 0 Å². The van der Waals surface area contributed by atoms with E-state index in [9.17, 15) is 4.79 Å². The third-order valence-electron chi connectivity index (χ3n) is 2.94. The van der Waals surface area contributed by atoms with Gasteiger partial charge in [-0.15, -0.1) is 0 Å². The molecule has 118 valence electrons. The highest BCUT2D eigenvalue weighted by atomic mass is 16.1. The summed E-state index contributed by atoms with van der Waals surface area (Å²) >= 11 is 0. The smallest absolute Gasteiger partial charge is 0.221 e. The number of unbranched alkanes of at least 4 members (excludes halogenated alkanes) is 1. The number of nitrogens with zero attached hydrogens (tertiary/aromatic N) is 1. The molecule has 20 heavy (non-hydrogen) atoms. The second-order valence-electron chi connectivity index (χ2n) is 5.42. The van der Waals surface area contributed by atoms with Gasteiger partial charge in [-0.25, -0.2) is 0 Å². The Morgan fingerprint density at radius 1 is 1.05 bits per heavy atom. The largest absolute Gasteiger partial charge is 0.356 e. The standard InChI is InChI=1S/C15H32N4O/c1-5-10-17-14(20)9-12-19-15(16-4)18-11-7-6-8-13(2)3/h13H,5-12H2,1-4H3,(H,17,20)(H2,16,18,19). The van der Waals surface area contributed by atoms with Crippen LogP contribution in [0.15, 0.2) is 4.99 Å². The average Bonchev–Trinajstić information content (AvgIpc) is 2.42. The molecule has 0 saturated heterocycles. The molecule has 0 spiro atoms. The van der Waals surface area contributed by atoms with E-state index in [1.54, 1.807) is 7.05 Å². The molecule has 0 unspecified atom stereocenters. The molecular weight excluding hydrogens is 252 g/mol. The van der Waals surface area contributed by atoms with Crippen molar-refractivity contribution in [2.45, 2.75) is 52.9 Å². The summed E-state index contributed by atoms with van der Waals surface area (Å²) in [6.45, 7) is 8.83. The lowest BCUT2D eigenvalue weighted by Gasteiger charge is -2.12. The van der Waals surface area contributed by atoms with Gasteiger partial charge in [-0.05, 0) is 18.8 Å². The highest BCUT2D eigenvalue weighted by Crippen LogP contribution is 2.04. The van der Waals surface area contributed by atoms with Gasteiger partial charge < -0.3 is 16.0 Å². The van der Waals surface area contributed by atoms with Crippen LogP contribution >= 0.6 is 0 Å². The minimum absolute atomic E-state index is 0.0896. The monoisotopic (exact) mass is 284 g/mol. The lowest BCUT2D eigenvalue weighted by molar-refractivity contribution is -0.120. The lowest BCUT2D eigenvalue weighted by atomic mass is 10.1. The Balaban J connectivity index is 3.60. The van der Waals surface area contributed by atoms with Gasteiger partial charge >= 0.3 is 0 Å². The molecule has 3 N–H and O–H groups in total. The predicted molar refractivity (Wildman–Crippen MR) is 86.0 cm³/mol. The molecule has 0 saturated carbocycles. The fraction of sp³-hybridized carbons (Fsp3) is 0.867. The molecule has 0 aliphatic rings. The summed E-state index contributed by atoms with van der Waals surface area (Å²) in [5, 5.41) is 9.28. The first-order chi connectivity index (χ1) is 9.60. The molecule has 0 bridgehead atoms. The fourth-order valence-corrected chi connectivity index (χ4v) is 1.75. The molecule has 0 rings (SSSR count). The van der Waals surface area contributed by atoms with Gasteiger partial charge in [0.15, 0.2) is 5.96 Å². The van der Waals surface area contributed by atoms with Crippen LogP contribution in [0.25, 0.3) is 0 Å². The van der Waals surface area contributed by atoms with Crippen molar-refractivity contribution in [3.05, 3.63) is 0 Å². The number of carbonyl (C=O) groups excluding carboxylic acids is 1. The van der Waals surface area contributed by atoms with Crippen LogP contribution in [-0.2, 0) is 4.79 Å². The third kappa shape index (κ3) is 11.8. The molecular formula is C15H32N4O. The van der Waals surface area contributed by atoms with Gasteiger partial charge in [0.25, 0.3) is 0 Å². The number of nitrogens with one attached hydrogen (secondary N) is 3. The van der Waals surface area contributed by atoms with Crippen molar-refractivity contribution in [3.8, 4) is 0 Å². The summed E-state index contributed by atoms with van der Waals surface area (Å²) in [6.07, 6.45) is 5.11. The topological polar surface area (TPSA) is 65.5 Å². The highest BCUT2D eigenvalue weighted by Gasteiger charge is 2.01. The van der Waals surface area contributed by atoms with Crippen molar-refractivity contribution in [1.29, 1.82) is 0 Å². The summed E-state index contributed by atoms with van der Waals surface area (Å²) in [4.78, 5) is 15.6. The number of hydrogen-bond acceptors (Lipinski definition) is 2. The van der Waals surface area contributed by atoms with E-state index in [1.807, 2.05) is 6.92 Å². The van der Waals surface area contributed by atoms with Crippen LogP contribution in [0.1, 0.15) is 52.9 Å². The summed E-state index contributed by atoms with van der Waals surface area (Å²) in [7, 11) is 1.75. The second-order valence-corrected chi connectivity index (χ2v) is 5.42. The third-order valence-corrected chi connectivity index (χ3v) is 2.94. The maximum Gasteiger partial charge on any atom is 0.221 e. The molecule has 0 heterocycles.